The Morgan fingerprint density at radius 2 is 1.82 bits per heavy atom. The molecular weight excluding hydrogens is 417 g/mol. The van der Waals surface area contributed by atoms with Gasteiger partial charge in [0.2, 0.25) is 0 Å². The lowest BCUT2D eigenvalue weighted by Gasteiger charge is -2.09. The number of sulfonamides is 1. The van der Waals surface area contributed by atoms with E-state index in [-0.39, 0.29) is 11.3 Å². The minimum atomic E-state index is -3.65. The quantitative estimate of drug-likeness (QED) is 0.689. The largest absolute Gasteiger partial charge is 0.481 e. The summed E-state index contributed by atoms with van der Waals surface area (Å²) in [6.45, 7) is 0. The number of carbonyl (C=O) groups is 1. The van der Waals surface area contributed by atoms with Crippen molar-refractivity contribution in [3.63, 3.8) is 0 Å². The number of halogens is 1. The van der Waals surface area contributed by atoms with Crippen LogP contribution in [0.2, 0.25) is 0 Å². The van der Waals surface area contributed by atoms with Crippen LogP contribution in [0.15, 0.2) is 53.4 Å². The molecule has 0 saturated heterocycles. The number of hydrogen-bond acceptors (Lipinski definition) is 3. The summed E-state index contributed by atoms with van der Waals surface area (Å²) >= 11 is 2.11. The first kappa shape index (κ1) is 16.8. The third-order valence-electron chi connectivity index (χ3n) is 2.94. The van der Waals surface area contributed by atoms with Crippen LogP contribution in [-0.4, -0.2) is 19.5 Å². The fraction of sp³-hybridized carbons (Fsp3) is 0.133. The zero-order valence-electron chi connectivity index (χ0n) is 11.5. The topological polar surface area (TPSA) is 83.5 Å². The minimum absolute atomic E-state index is 0.0206. The minimum Gasteiger partial charge on any atom is -0.481 e. The second kappa shape index (κ2) is 7.10. The van der Waals surface area contributed by atoms with Gasteiger partial charge in [0, 0.05) is 15.7 Å². The maximum Gasteiger partial charge on any atom is 0.303 e. The van der Waals surface area contributed by atoms with Gasteiger partial charge in [0.25, 0.3) is 10.0 Å². The summed E-state index contributed by atoms with van der Waals surface area (Å²) in [5, 5.41) is 8.64. The van der Waals surface area contributed by atoms with Gasteiger partial charge in [0.1, 0.15) is 0 Å². The van der Waals surface area contributed by atoms with Gasteiger partial charge in [-0.15, -0.1) is 0 Å². The summed E-state index contributed by atoms with van der Waals surface area (Å²) in [7, 11) is -3.65. The summed E-state index contributed by atoms with van der Waals surface area (Å²) in [5.74, 6) is -0.878. The molecule has 0 saturated carbocycles. The summed E-state index contributed by atoms with van der Waals surface area (Å²) in [6, 6.07) is 13.3. The number of nitrogens with one attached hydrogen (secondary N) is 1. The van der Waals surface area contributed by atoms with Gasteiger partial charge in [-0.1, -0.05) is 18.2 Å². The second-order valence-electron chi connectivity index (χ2n) is 4.65. The van der Waals surface area contributed by atoms with Crippen molar-refractivity contribution in [1.29, 1.82) is 0 Å². The first-order chi connectivity index (χ1) is 10.4. The normalized spacial score (nSPS) is 11.1. The van der Waals surface area contributed by atoms with Gasteiger partial charge in [-0.3, -0.25) is 9.52 Å². The Balaban J connectivity index is 2.14. The average Bonchev–Trinajstić information content (AvgIpc) is 2.45. The van der Waals surface area contributed by atoms with Gasteiger partial charge in [0.05, 0.1) is 4.90 Å². The SMILES string of the molecule is O=C(O)CCc1ccc(S(=O)(=O)Nc2cccc(I)c2)cc1. The van der Waals surface area contributed by atoms with Gasteiger partial charge in [-0.05, 0) is 64.9 Å². The van der Waals surface area contributed by atoms with Crippen molar-refractivity contribution in [3.05, 3.63) is 57.7 Å². The molecule has 2 rings (SSSR count). The van der Waals surface area contributed by atoms with Crippen LogP contribution in [-0.2, 0) is 21.2 Å². The van der Waals surface area contributed by atoms with Gasteiger partial charge in [0.15, 0.2) is 0 Å². The fourth-order valence-corrected chi connectivity index (χ4v) is 3.45. The molecule has 7 heteroatoms. The van der Waals surface area contributed by atoms with E-state index in [1.165, 1.54) is 12.1 Å². The van der Waals surface area contributed by atoms with Gasteiger partial charge >= 0.3 is 5.97 Å². The van der Waals surface area contributed by atoms with Gasteiger partial charge in [-0.2, -0.15) is 0 Å². The molecule has 0 bridgehead atoms. The molecule has 0 aromatic heterocycles. The van der Waals surface area contributed by atoms with E-state index in [9.17, 15) is 13.2 Å². The molecule has 0 aliphatic heterocycles. The van der Waals surface area contributed by atoms with Crippen LogP contribution in [0.3, 0.4) is 0 Å². The lowest BCUT2D eigenvalue weighted by Crippen LogP contribution is -2.13. The van der Waals surface area contributed by atoms with Crippen LogP contribution < -0.4 is 4.72 Å². The molecule has 2 aromatic rings. The van der Waals surface area contributed by atoms with Crippen LogP contribution in [0, 0.1) is 3.57 Å². The number of aryl methyl sites for hydroxylation is 1. The summed E-state index contributed by atoms with van der Waals surface area (Å²) in [4.78, 5) is 10.7. The van der Waals surface area contributed by atoms with Crippen molar-refractivity contribution in [2.24, 2.45) is 0 Å². The Labute approximate surface area is 142 Å². The Hall–Kier alpha value is -1.61. The number of aliphatic carboxylic acids is 1. The number of anilines is 1. The Morgan fingerprint density at radius 3 is 2.41 bits per heavy atom. The van der Waals surface area contributed by atoms with Crippen molar-refractivity contribution in [1.82, 2.24) is 0 Å². The molecule has 0 spiro atoms. The van der Waals surface area contributed by atoms with Crippen LogP contribution >= 0.6 is 22.6 Å². The first-order valence-electron chi connectivity index (χ1n) is 6.46. The zero-order chi connectivity index (χ0) is 16.2. The second-order valence-corrected chi connectivity index (χ2v) is 7.58. The van der Waals surface area contributed by atoms with E-state index in [1.807, 2.05) is 6.07 Å². The van der Waals surface area contributed by atoms with E-state index in [0.29, 0.717) is 12.1 Å². The first-order valence-corrected chi connectivity index (χ1v) is 9.02. The lowest BCUT2D eigenvalue weighted by molar-refractivity contribution is -0.136. The molecule has 0 aliphatic carbocycles. The van der Waals surface area contributed by atoms with Crippen LogP contribution in [0.5, 0.6) is 0 Å². The molecule has 116 valence electrons. The van der Waals surface area contributed by atoms with Crippen LogP contribution in [0.1, 0.15) is 12.0 Å². The zero-order valence-corrected chi connectivity index (χ0v) is 14.5. The van der Waals surface area contributed by atoms with E-state index in [0.717, 1.165) is 9.13 Å². The molecule has 0 aliphatic rings. The fourth-order valence-electron chi connectivity index (χ4n) is 1.85. The Morgan fingerprint density at radius 1 is 1.14 bits per heavy atom. The van der Waals surface area contributed by atoms with Crippen molar-refractivity contribution in [3.8, 4) is 0 Å². The average molecular weight is 431 g/mol. The Kier molecular flexibility index (Phi) is 5.41. The highest BCUT2D eigenvalue weighted by atomic mass is 127. The van der Waals surface area contributed by atoms with Crippen molar-refractivity contribution in [2.75, 3.05) is 4.72 Å². The van der Waals surface area contributed by atoms with E-state index >= 15 is 0 Å². The Bertz CT molecular complexity index is 772. The molecule has 2 aromatic carbocycles. The molecule has 22 heavy (non-hydrogen) atoms. The van der Waals surface area contributed by atoms with Gasteiger partial charge in [-0.25, -0.2) is 8.42 Å². The maximum absolute atomic E-state index is 12.3. The number of carboxylic acids is 1. The van der Waals surface area contributed by atoms with Crippen molar-refractivity contribution < 1.29 is 18.3 Å². The van der Waals surface area contributed by atoms with E-state index in [2.05, 4.69) is 27.3 Å². The highest BCUT2D eigenvalue weighted by Crippen LogP contribution is 2.18. The van der Waals surface area contributed by atoms with Gasteiger partial charge < -0.3 is 5.11 Å². The number of hydrogen-bond donors (Lipinski definition) is 2. The molecule has 0 radical (unpaired) electrons. The monoisotopic (exact) mass is 431 g/mol. The molecule has 0 atom stereocenters. The van der Waals surface area contributed by atoms with E-state index < -0.39 is 16.0 Å². The molecular formula is C15H14INO4S. The smallest absolute Gasteiger partial charge is 0.303 e. The third-order valence-corrected chi connectivity index (χ3v) is 5.01. The molecule has 5 nitrogen and oxygen atoms in total. The highest BCUT2D eigenvalue weighted by molar-refractivity contribution is 14.1. The number of rotatable bonds is 6. The van der Waals surface area contributed by atoms with Crippen LogP contribution in [0.25, 0.3) is 0 Å². The van der Waals surface area contributed by atoms with Crippen molar-refractivity contribution in [2.45, 2.75) is 17.7 Å². The summed E-state index contributed by atoms with van der Waals surface area (Å²) in [6.07, 6.45) is 0.396. The maximum atomic E-state index is 12.3. The molecule has 0 amide bonds. The number of carboxylic acid groups (broad SMARTS) is 1. The lowest BCUT2D eigenvalue weighted by atomic mass is 10.1. The predicted octanol–water partition coefficient (Wildman–Crippen LogP) is 3.11. The summed E-state index contributed by atoms with van der Waals surface area (Å²) in [5.41, 5.74) is 1.29. The molecule has 2 N–H and O–H groups in total. The number of benzene rings is 2. The van der Waals surface area contributed by atoms with E-state index in [1.54, 1.807) is 30.3 Å². The molecule has 0 heterocycles. The standard InChI is InChI=1S/C15H14INO4S/c16-12-2-1-3-13(10-12)17-22(20,21)14-7-4-11(5-8-14)6-9-15(18)19/h1-5,7-8,10,17H,6,9H2,(H,18,19). The molecule has 0 fully saturated rings. The predicted molar refractivity (Wildman–Crippen MR) is 92.4 cm³/mol. The van der Waals surface area contributed by atoms with Crippen molar-refractivity contribution >= 4 is 44.3 Å². The third kappa shape index (κ3) is 4.70. The van der Waals surface area contributed by atoms with E-state index in [4.69, 9.17) is 5.11 Å². The summed E-state index contributed by atoms with van der Waals surface area (Å²) < 4.78 is 28.0. The van der Waals surface area contributed by atoms with Crippen LogP contribution in [0.4, 0.5) is 5.69 Å². The molecule has 0 unspecified atom stereocenters. The highest BCUT2D eigenvalue weighted by Gasteiger charge is 2.14.